The number of hydrogen-bond acceptors (Lipinski definition) is 4. The Labute approximate surface area is 105 Å². The van der Waals surface area contributed by atoms with Crippen molar-refractivity contribution < 1.29 is 9.90 Å². The minimum atomic E-state index is -0.758. The summed E-state index contributed by atoms with van der Waals surface area (Å²) in [5.41, 5.74) is -0.154. The summed E-state index contributed by atoms with van der Waals surface area (Å²) in [4.78, 5) is 26.8. The maximum atomic E-state index is 11.9. The van der Waals surface area contributed by atoms with Crippen LogP contribution >= 0.6 is 0 Å². The van der Waals surface area contributed by atoms with Crippen LogP contribution in [0, 0.1) is 5.92 Å². The molecule has 1 saturated carbocycles. The van der Waals surface area contributed by atoms with E-state index in [1.165, 1.54) is 0 Å². The summed E-state index contributed by atoms with van der Waals surface area (Å²) in [6.07, 6.45) is 5.19. The maximum absolute atomic E-state index is 11.9. The lowest BCUT2D eigenvalue weighted by Crippen LogP contribution is -2.28. The summed E-state index contributed by atoms with van der Waals surface area (Å²) in [7, 11) is 0. The van der Waals surface area contributed by atoms with Crippen LogP contribution < -0.4 is 10.9 Å². The molecular weight excluding hydrogens is 234 g/mol. The third-order valence-electron chi connectivity index (χ3n) is 3.38. The summed E-state index contributed by atoms with van der Waals surface area (Å²) >= 11 is 0. The zero-order valence-electron chi connectivity index (χ0n) is 10.3. The highest BCUT2D eigenvalue weighted by molar-refractivity contribution is 5.70. The Hall–Kier alpha value is -1.85. The summed E-state index contributed by atoms with van der Waals surface area (Å²) in [5.74, 6) is -0.749. The molecule has 0 aromatic carbocycles. The fourth-order valence-electron chi connectivity index (χ4n) is 2.33. The van der Waals surface area contributed by atoms with Gasteiger partial charge in [0.2, 0.25) is 0 Å². The molecule has 0 amide bonds. The predicted octanol–water partition coefficient (Wildman–Crippen LogP) is 0.928. The van der Waals surface area contributed by atoms with Crippen LogP contribution in [0.15, 0.2) is 17.2 Å². The molecule has 1 aromatic heterocycles. The molecule has 1 aromatic rings. The molecule has 18 heavy (non-hydrogen) atoms. The van der Waals surface area contributed by atoms with Gasteiger partial charge in [0, 0.05) is 25.0 Å². The van der Waals surface area contributed by atoms with Crippen molar-refractivity contribution >= 4 is 11.8 Å². The van der Waals surface area contributed by atoms with Gasteiger partial charge in [-0.2, -0.15) is 0 Å². The van der Waals surface area contributed by atoms with E-state index in [1.54, 1.807) is 17.0 Å². The molecule has 1 fully saturated rings. The summed E-state index contributed by atoms with van der Waals surface area (Å²) in [6.45, 7) is 2.49. The predicted molar refractivity (Wildman–Crippen MR) is 66.6 cm³/mol. The topological polar surface area (TPSA) is 84.2 Å². The standard InChI is InChI=1S/C12H17N3O3/c1-2-15-6-5-13-10(11(15)16)14-9-4-3-8(7-9)12(17)18/h5-6,8-9H,2-4,7H2,1H3,(H,13,14)(H,17,18). The molecule has 98 valence electrons. The van der Waals surface area contributed by atoms with Crippen molar-refractivity contribution in [1.29, 1.82) is 0 Å². The molecular formula is C12H17N3O3. The van der Waals surface area contributed by atoms with Crippen LogP contribution in [0.25, 0.3) is 0 Å². The molecule has 2 unspecified atom stereocenters. The third kappa shape index (κ3) is 2.52. The van der Waals surface area contributed by atoms with Crippen molar-refractivity contribution in [3.8, 4) is 0 Å². The Morgan fingerprint density at radius 3 is 3.00 bits per heavy atom. The molecule has 6 heteroatoms. The lowest BCUT2D eigenvalue weighted by Gasteiger charge is -2.13. The van der Waals surface area contributed by atoms with E-state index in [0.717, 1.165) is 6.42 Å². The van der Waals surface area contributed by atoms with Gasteiger partial charge in [0.05, 0.1) is 5.92 Å². The first-order chi connectivity index (χ1) is 8.61. The number of carbonyl (C=O) groups is 1. The number of nitrogens with zero attached hydrogens (tertiary/aromatic N) is 2. The Morgan fingerprint density at radius 2 is 2.39 bits per heavy atom. The number of anilines is 1. The van der Waals surface area contributed by atoms with Crippen LogP contribution in [0.1, 0.15) is 26.2 Å². The second-order valence-corrected chi connectivity index (χ2v) is 4.56. The van der Waals surface area contributed by atoms with E-state index in [1.807, 2.05) is 6.92 Å². The van der Waals surface area contributed by atoms with Gasteiger partial charge >= 0.3 is 5.97 Å². The van der Waals surface area contributed by atoms with E-state index < -0.39 is 5.97 Å². The number of aromatic nitrogens is 2. The second kappa shape index (κ2) is 5.20. The monoisotopic (exact) mass is 251 g/mol. The minimum Gasteiger partial charge on any atom is -0.481 e. The molecule has 1 heterocycles. The van der Waals surface area contributed by atoms with Gasteiger partial charge in [-0.15, -0.1) is 0 Å². The average Bonchev–Trinajstić information content (AvgIpc) is 2.80. The van der Waals surface area contributed by atoms with Gasteiger partial charge in [0.15, 0.2) is 5.82 Å². The smallest absolute Gasteiger partial charge is 0.306 e. The van der Waals surface area contributed by atoms with Crippen LogP contribution in [0.5, 0.6) is 0 Å². The fraction of sp³-hybridized carbons (Fsp3) is 0.583. The zero-order valence-corrected chi connectivity index (χ0v) is 10.3. The number of aryl methyl sites for hydroxylation is 1. The lowest BCUT2D eigenvalue weighted by atomic mass is 10.1. The molecule has 0 aliphatic heterocycles. The van der Waals surface area contributed by atoms with Crippen LogP contribution in [-0.2, 0) is 11.3 Å². The van der Waals surface area contributed by atoms with Crippen molar-refractivity contribution in [2.75, 3.05) is 5.32 Å². The van der Waals surface area contributed by atoms with E-state index in [4.69, 9.17) is 5.11 Å². The van der Waals surface area contributed by atoms with Crippen molar-refractivity contribution in [2.45, 2.75) is 38.8 Å². The van der Waals surface area contributed by atoms with Crippen molar-refractivity contribution in [2.24, 2.45) is 5.92 Å². The van der Waals surface area contributed by atoms with Crippen LogP contribution in [0.3, 0.4) is 0 Å². The van der Waals surface area contributed by atoms with E-state index in [0.29, 0.717) is 25.2 Å². The van der Waals surface area contributed by atoms with Crippen LogP contribution in [0.4, 0.5) is 5.82 Å². The van der Waals surface area contributed by atoms with Crippen molar-refractivity contribution in [3.05, 3.63) is 22.7 Å². The minimum absolute atomic E-state index is 0.0269. The van der Waals surface area contributed by atoms with Gasteiger partial charge in [-0.25, -0.2) is 4.98 Å². The number of nitrogens with one attached hydrogen (secondary N) is 1. The van der Waals surface area contributed by atoms with Gasteiger partial charge in [0.1, 0.15) is 0 Å². The van der Waals surface area contributed by atoms with Crippen LogP contribution in [-0.4, -0.2) is 26.7 Å². The van der Waals surface area contributed by atoms with E-state index in [-0.39, 0.29) is 17.5 Å². The summed E-state index contributed by atoms with van der Waals surface area (Å²) in [6, 6.07) is 0.0269. The van der Waals surface area contributed by atoms with Crippen molar-refractivity contribution in [1.82, 2.24) is 9.55 Å². The summed E-state index contributed by atoms with van der Waals surface area (Å²) < 4.78 is 1.57. The molecule has 0 saturated heterocycles. The number of aliphatic carboxylic acids is 1. The molecule has 2 rings (SSSR count). The van der Waals surface area contributed by atoms with Gasteiger partial charge < -0.3 is 15.0 Å². The van der Waals surface area contributed by atoms with E-state index in [9.17, 15) is 9.59 Å². The first kappa shape index (κ1) is 12.6. The quantitative estimate of drug-likeness (QED) is 0.831. The molecule has 0 radical (unpaired) electrons. The number of carboxylic acid groups (broad SMARTS) is 1. The Bertz CT molecular complexity index is 498. The number of hydrogen-bond donors (Lipinski definition) is 2. The molecule has 0 spiro atoms. The summed E-state index contributed by atoms with van der Waals surface area (Å²) in [5, 5.41) is 12.0. The highest BCUT2D eigenvalue weighted by Crippen LogP contribution is 2.27. The Kier molecular flexibility index (Phi) is 3.64. The lowest BCUT2D eigenvalue weighted by molar-refractivity contribution is -0.141. The molecule has 2 N–H and O–H groups in total. The normalized spacial score (nSPS) is 22.9. The molecule has 2 atom stereocenters. The van der Waals surface area contributed by atoms with Gasteiger partial charge in [-0.1, -0.05) is 0 Å². The molecule has 1 aliphatic carbocycles. The Balaban J connectivity index is 2.07. The molecule has 0 bridgehead atoms. The van der Waals surface area contributed by atoms with Gasteiger partial charge in [0.25, 0.3) is 5.56 Å². The SMILES string of the molecule is CCn1ccnc(NC2CCC(C(=O)O)C2)c1=O. The van der Waals surface area contributed by atoms with Gasteiger partial charge in [-0.05, 0) is 26.2 Å². The van der Waals surface area contributed by atoms with Crippen LogP contribution in [0.2, 0.25) is 0 Å². The zero-order chi connectivity index (χ0) is 13.1. The number of carboxylic acids is 1. The highest BCUT2D eigenvalue weighted by Gasteiger charge is 2.30. The fourth-order valence-corrected chi connectivity index (χ4v) is 2.33. The van der Waals surface area contributed by atoms with Crippen molar-refractivity contribution in [3.63, 3.8) is 0 Å². The number of rotatable bonds is 4. The van der Waals surface area contributed by atoms with E-state index in [2.05, 4.69) is 10.3 Å². The molecule has 1 aliphatic rings. The second-order valence-electron chi connectivity index (χ2n) is 4.56. The maximum Gasteiger partial charge on any atom is 0.306 e. The third-order valence-corrected chi connectivity index (χ3v) is 3.38. The first-order valence-corrected chi connectivity index (χ1v) is 6.16. The largest absolute Gasteiger partial charge is 0.481 e. The highest BCUT2D eigenvalue weighted by atomic mass is 16.4. The average molecular weight is 251 g/mol. The Morgan fingerprint density at radius 1 is 1.61 bits per heavy atom. The molecule has 6 nitrogen and oxygen atoms in total. The van der Waals surface area contributed by atoms with Gasteiger partial charge in [-0.3, -0.25) is 9.59 Å². The first-order valence-electron chi connectivity index (χ1n) is 6.16. The van der Waals surface area contributed by atoms with E-state index >= 15 is 0 Å².